The van der Waals surface area contributed by atoms with Gasteiger partial charge in [0, 0.05) is 37.5 Å². The Morgan fingerprint density at radius 1 is 1.15 bits per heavy atom. The first kappa shape index (κ1) is 12.3. The number of para-hydroxylation sites is 2. The fraction of sp³-hybridized carbons (Fsp3) is 0.348. The van der Waals surface area contributed by atoms with Crippen molar-refractivity contribution >= 4 is 28.6 Å². The van der Waals surface area contributed by atoms with Gasteiger partial charge < -0.3 is 34.5 Å². The fourth-order valence-corrected chi connectivity index (χ4v) is 3.47. The third kappa shape index (κ3) is 3.88. The minimum absolute atomic E-state index is 0.00514. The number of anilines is 2. The quantitative estimate of drug-likeness (QED) is 0.620. The number of benzene rings is 2. The van der Waals surface area contributed by atoms with Gasteiger partial charge in [0.1, 0.15) is 12.4 Å². The van der Waals surface area contributed by atoms with Crippen molar-refractivity contribution in [3.8, 4) is 23.0 Å². The number of nitrogens with zero attached hydrogens (tertiary/aromatic N) is 4. The molecule has 0 aliphatic carbocycles. The smallest absolute Gasteiger partial charge is 0.267 e. The number of hydrogen-bond acceptors (Lipinski definition) is 9. The van der Waals surface area contributed by atoms with E-state index in [9.17, 15) is 4.79 Å². The molecule has 2 aliphatic heterocycles. The molecule has 1 fully saturated rings. The first-order chi connectivity index (χ1) is 19.8. The van der Waals surface area contributed by atoms with Crippen molar-refractivity contribution in [1.82, 2.24) is 14.9 Å². The topological polar surface area (TPSA) is 112 Å². The highest BCUT2D eigenvalue weighted by molar-refractivity contribution is 5.91. The Balaban J connectivity index is 1.47. The average Bonchev–Trinajstić information content (AvgIpc) is 2.85. The lowest BCUT2D eigenvalue weighted by Crippen LogP contribution is -2.54. The van der Waals surface area contributed by atoms with Gasteiger partial charge in [-0.1, -0.05) is 12.1 Å². The van der Waals surface area contributed by atoms with Gasteiger partial charge >= 0.3 is 0 Å². The zero-order valence-electron chi connectivity index (χ0n) is 27.1. The van der Waals surface area contributed by atoms with E-state index in [4.69, 9.17) is 38.4 Å². The lowest BCUT2D eigenvalue weighted by Gasteiger charge is -2.37. The van der Waals surface area contributed by atoms with Crippen molar-refractivity contribution in [1.29, 1.82) is 0 Å². The predicted octanol–water partition coefficient (Wildman–Crippen LogP) is 1.72. The fourth-order valence-electron chi connectivity index (χ4n) is 3.47. The van der Waals surface area contributed by atoms with Gasteiger partial charge in [-0.2, -0.15) is 4.98 Å². The van der Waals surface area contributed by atoms with Crippen LogP contribution >= 0.6 is 0 Å². The van der Waals surface area contributed by atoms with Gasteiger partial charge in [0.25, 0.3) is 5.91 Å². The highest BCUT2D eigenvalue weighted by Crippen LogP contribution is 2.34. The molecule has 1 amide bonds. The van der Waals surface area contributed by atoms with Gasteiger partial charge in [-0.15, -0.1) is 0 Å². The molecule has 3 aromatic rings. The number of amides is 1. The Morgan fingerprint density at radius 3 is 2.64 bits per heavy atom. The number of piperazine rings is 1. The summed E-state index contributed by atoms with van der Waals surface area (Å²) >= 11 is 0. The van der Waals surface area contributed by atoms with Crippen LogP contribution in [-0.4, -0.2) is 73.6 Å². The SMILES string of the molecule is [2H]C([2H])([2H])Oc1cc2nc(N3C([2H])([2H])CN(C(=O)C4COc5ccccc5O4)CC3([2H])[2H])nc(N)c2cc1OC([2H])([2H])[2H]. The number of nitrogens with two attached hydrogens (primary N) is 1. The summed E-state index contributed by atoms with van der Waals surface area (Å²) in [4.78, 5) is 23.2. The number of aromatic nitrogens is 2. The average molecular weight is 462 g/mol. The number of fused-ring (bicyclic) bond motifs is 2. The number of rotatable bonds is 4. The van der Waals surface area contributed by atoms with E-state index >= 15 is 0 Å². The molecule has 0 bridgehead atoms. The van der Waals surface area contributed by atoms with E-state index < -0.39 is 69.6 Å². The Labute approximate surface area is 204 Å². The lowest BCUT2D eigenvalue weighted by atomic mass is 10.2. The first-order valence-electron chi connectivity index (χ1n) is 14.8. The van der Waals surface area contributed by atoms with Gasteiger partial charge in [0.05, 0.1) is 33.3 Å². The monoisotopic (exact) mass is 461 g/mol. The summed E-state index contributed by atoms with van der Waals surface area (Å²) in [7, 11) is -5.98. The molecule has 1 aromatic heterocycles. The first-order valence-corrected chi connectivity index (χ1v) is 9.80. The van der Waals surface area contributed by atoms with E-state index in [1.807, 2.05) is 0 Å². The van der Waals surface area contributed by atoms with Gasteiger partial charge in [-0.05, 0) is 18.2 Å². The molecule has 172 valence electrons. The van der Waals surface area contributed by atoms with Crippen molar-refractivity contribution in [2.45, 2.75) is 6.10 Å². The van der Waals surface area contributed by atoms with Gasteiger partial charge in [0.2, 0.25) is 12.1 Å². The van der Waals surface area contributed by atoms with E-state index in [0.29, 0.717) is 16.4 Å². The third-order valence-corrected chi connectivity index (χ3v) is 5.13. The van der Waals surface area contributed by atoms with Crippen LogP contribution < -0.4 is 29.6 Å². The Bertz CT molecular complexity index is 1550. The van der Waals surface area contributed by atoms with Crippen LogP contribution in [-0.2, 0) is 4.79 Å². The molecule has 10 heteroatoms. The summed E-state index contributed by atoms with van der Waals surface area (Å²) < 4.78 is 100. The number of carbonyl (C=O) groups is 1. The zero-order chi connectivity index (χ0) is 31.5. The van der Waals surface area contributed by atoms with Crippen molar-refractivity contribution in [3.05, 3.63) is 36.4 Å². The largest absolute Gasteiger partial charge is 0.493 e. The molecule has 1 unspecified atom stereocenters. The molecule has 5 rings (SSSR count). The van der Waals surface area contributed by atoms with E-state index in [-0.39, 0.29) is 23.3 Å². The van der Waals surface area contributed by atoms with Crippen LogP contribution in [0.3, 0.4) is 0 Å². The van der Waals surface area contributed by atoms with Crippen LogP contribution in [0.25, 0.3) is 10.9 Å². The molecule has 1 atom stereocenters. The minimum Gasteiger partial charge on any atom is -0.493 e. The Hall–Kier alpha value is -3.95. The molecule has 0 spiro atoms. The highest BCUT2D eigenvalue weighted by atomic mass is 16.6. The van der Waals surface area contributed by atoms with E-state index in [2.05, 4.69) is 9.97 Å². The van der Waals surface area contributed by atoms with Crippen LogP contribution in [0.4, 0.5) is 11.8 Å². The molecule has 2 aromatic carbocycles. The second-order valence-corrected chi connectivity index (χ2v) is 7.14. The molecule has 0 saturated carbocycles. The molecule has 3 heterocycles. The molecule has 10 nitrogen and oxygen atoms in total. The second-order valence-electron chi connectivity index (χ2n) is 7.14. The van der Waals surface area contributed by atoms with Crippen LogP contribution in [0.15, 0.2) is 36.4 Å². The maximum Gasteiger partial charge on any atom is 0.267 e. The maximum absolute atomic E-state index is 13.3. The number of nitrogen functional groups attached to an aromatic ring is 1. The zero-order valence-corrected chi connectivity index (χ0v) is 17.1. The summed E-state index contributed by atoms with van der Waals surface area (Å²) in [6.07, 6.45) is -1.14. The highest BCUT2D eigenvalue weighted by Gasteiger charge is 2.33. The predicted molar refractivity (Wildman–Crippen MR) is 122 cm³/mol. The van der Waals surface area contributed by atoms with Crippen LogP contribution in [0, 0.1) is 0 Å². The van der Waals surface area contributed by atoms with Crippen molar-refractivity contribution in [3.63, 3.8) is 0 Å². The maximum atomic E-state index is 13.3. The molecular weight excluding hydrogens is 426 g/mol. The molecule has 2 N–H and O–H groups in total. The molecule has 33 heavy (non-hydrogen) atoms. The summed E-state index contributed by atoms with van der Waals surface area (Å²) in [6.45, 7) is -6.51. The normalized spacial score (nSPS) is 26.0. The van der Waals surface area contributed by atoms with Gasteiger partial charge in [0.15, 0.2) is 23.0 Å². The molecule has 1 saturated heterocycles. The number of hydrogen-bond donors (Lipinski definition) is 1. The summed E-state index contributed by atoms with van der Waals surface area (Å²) in [5.41, 5.74) is 5.98. The number of ether oxygens (including phenoxy) is 4. The van der Waals surface area contributed by atoms with E-state index in [1.54, 1.807) is 24.3 Å². The van der Waals surface area contributed by atoms with Gasteiger partial charge in [-0.3, -0.25) is 4.79 Å². The molecular formula is C23H25N5O5. The molecule has 0 radical (unpaired) electrons. The molecule has 2 aliphatic rings. The van der Waals surface area contributed by atoms with Crippen LogP contribution in [0.5, 0.6) is 23.0 Å². The summed E-state index contributed by atoms with van der Waals surface area (Å²) in [5.74, 6) is -1.75. The number of carbonyl (C=O) groups excluding carboxylic acids is 1. The summed E-state index contributed by atoms with van der Waals surface area (Å²) in [6, 6.07) is 8.79. The van der Waals surface area contributed by atoms with Crippen LogP contribution in [0.1, 0.15) is 13.7 Å². The Kier molecular flexibility index (Phi) is 3.19. The third-order valence-electron chi connectivity index (χ3n) is 5.13. The summed E-state index contributed by atoms with van der Waals surface area (Å²) in [5, 5.41) is 0.00514. The minimum atomic E-state index is -3.00. The number of methoxy groups -OCH3 is 2. The van der Waals surface area contributed by atoms with E-state index in [1.165, 1.54) is 0 Å². The Morgan fingerprint density at radius 2 is 1.88 bits per heavy atom. The van der Waals surface area contributed by atoms with Gasteiger partial charge in [-0.25, -0.2) is 4.98 Å². The van der Waals surface area contributed by atoms with Crippen molar-refractivity contribution in [2.24, 2.45) is 0 Å². The second kappa shape index (κ2) is 8.53. The lowest BCUT2D eigenvalue weighted by molar-refractivity contribution is -0.141. The van der Waals surface area contributed by atoms with Crippen molar-refractivity contribution in [2.75, 3.05) is 57.4 Å². The van der Waals surface area contributed by atoms with Crippen LogP contribution in [0.2, 0.25) is 0 Å². The van der Waals surface area contributed by atoms with E-state index in [0.717, 1.165) is 17.0 Å². The standard InChI is InChI=1S/C23H25N5O5/c1-30-18-11-14-15(12-19(18)31-2)25-23(26-21(14)24)28-9-7-27(8-10-28)22(29)20-13-32-16-5-3-4-6-17(16)33-20/h3-6,11-12,20H,7-10,13H2,1-2H3,(H2,24,25,26)/i1D3,2D3,9D2,10D2. The van der Waals surface area contributed by atoms with Crippen molar-refractivity contribution < 1.29 is 37.4 Å².